The lowest BCUT2D eigenvalue weighted by Crippen LogP contribution is -2.29. The molecule has 2 heterocycles. The molecule has 0 saturated carbocycles. The zero-order chi connectivity index (χ0) is 9.38. The van der Waals surface area contributed by atoms with E-state index in [1.807, 2.05) is 12.1 Å². The fraction of sp³-hybridized carbons (Fsp3) is 0.200. The maximum atomic E-state index is 5.14. The molecule has 1 aromatic heterocycles. The van der Waals surface area contributed by atoms with Gasteiger partial charge in [0, 0.05) is 11.1 Å². The van der Waals surface area contributed by atoms with E-state index >= 15 is 0 Å². The van der Waals surface area contributed by atoms with Crippen LogP contribution in [0.2, 0.25) is 6.32 Å². The molecule has 0 bridgehead atoms. The minimum Gasteiger partial charge on any atom is -0.363 e. The summed E-state index contributed by atoms with van der Waals surface area (Å²) in [4.78, 5) is 13.4. The van der Waals surface area contributed by atoms with Gasteiger partial charge in [0.2, 0.25) is 0 Å². The van der Waals surface area contributed by atoms with Crippen LogP contribution in [0.4, 0.5) is 0 Å². The molecule has 0 atom stereocenters. The van der Waals surface area contributed by atoms with Crippen LogP contribution in [-0.4, -0.2) is 18.5 Å². The lowest BCUT2D eigenvalue weighted by molar-refractivity contribution is -0.184. The van der Waals surface area contributed by atoms with Crippen molar-refractivity contribution < 1.29 is 9.69 Å². The Morgan fingerprint density at radius 2 is 2.21 bits per heavy atom. The van der Waals surface area contributed by atoms with E-state index in [0.29, 0.717) is 6.61 Å². The molecule has 1 aliphatic heterocycles. The molecule has 0 unspecified atom stereocenters. The SMILES string of the molecule is c1ccc2[nH]c(B3CCOO3)cc2c1. The lowest BCUT2D eigenvalue weighted by Gasteiger charge is -1.97. The van der Waals surface area contributed by atoms with Crippen molar-refractivity contribution in [1.29, 1.82) is 0 Å². The van der Waals surface area contributed by atoms with Gasteiger partial charge in [0.05, 0.1) is 6.61 Å². The number of aromatic nitrogens is 1. The number of rotatable bonds is 1. The molecule has 4 heteroatoms. The molecule has 0 aliphatic carbocycles. The first kappa shape index (κ1) is 8.09. The number of nitrogens with one attached hydrogen (secondary N) is 1. The van der Waals surface area contributed by atoms with Gasteiger partial charge in [-0.25, -0.2) is 0 Å². The van der Waals surface area contributed by atoms with Crippen molar-refractivity contribution in [3.05, 3.63) is 30.3 Å². The minimum atomic E-state index is 0.0717. The summed E-state index contributed by atoms with van der Waals surface area (Å²) in [6.07, 6.45) is 0.923. The van der Waals surface area contributed by atoms with Gasteiger partial charge in [0.15, 0.2) is 0 Å². The van der Waals surface area contributed by atoms with E-state index < -0.39 is 0 Å². The van der Waals surface area contributed by atoms with Crippen LogP contribution in [0, 0.1) is 0 Å². The Labute approximate surface area is 82.1 Å². The van der Waals surface area contributed by atoms with Crippen molar-refractivity contribution in [2.45, 2.75) is 6.32 Å². The maximum absolute atomic E-state index is 5.14. The average Bonchev–Trinajstić information content (AvgIpc) is 2.86. The van der Waals surface area contributed by atoms with E-state index in [-0.39, 0.29) is 6.92 Å². The van der Waals surface area contributed by atoms with Crippen LogP contribution in [0.3, 0.4) is 0 Å². The number of hydrogen-bond donors (Lipinski definition) is 1. The number of hydrogen-bond acceptors (Lipinski definition) is 2. The summed E-state index contributed by atoms with van der Waals surface area (Å²) in [5.74, 6) is 0. The molecule has 1 saturated heterocycles. The van der Waals surface area contributed by atoms with Crippen LogP contribution in [-0.2, 0) is 9.69 Å². The van der Waals surface area contributed by atoms with Crippen LogP contribution in [0.5, 0.6) is 0 Å². The highest BCUT2D eigenvalue weighted by Crippen LogP contribution is 2.12. The van der Waals surface area contributed by atoms with Crippen LogP contribution in [0.15, 0.2) is 30.3 Å². The molecular weight excluding hydrogens is 177 g/mol. The summed E-state index contributed by atoms with van der Waals surface area (Å²) in [6, 6.07) is 10.3. The van der Waals surface area contributed by atoms with Gasteiger partial charge in [0.1, 0.15) is 0 Å². The summed E-state index contributed by atoms with van der Waals surface area (Å²) in [6.45, 7) is 0.752. The standard InChI is InChI=1S/C10H10BNO2/c1-2-4-9-8(3-1)7-10(12-9)11-5-6-13-14-11/h1-4,7,12H,5-6H2. The second-order valence-corrected chi connectivity index (χ2v) is 3.51. The Morgan fingerprint density at radius 3 is 3.00 bits per heavy atom. The number of benzene rings is 1. The molecule has 70 valence electrons. The van der Waals surface area contributed by atoms with Crippen LogP contribution >= 0.6 is 0 Å². The van der Waals surface area contributed by atoms with Crippen molar-refractivity contribution in [3.8, 4) is 0 Å². The predicted octanol–water partition coefficient (Wildman–Crippen LogP) is 1.33. The molecule has 1 aromatic carbocycles. The Kier molecular flexibility index (Phi) is 1.82. The van der Waals surface area contributed by atoms with E-state index in [1.165, 1.54) is 5.39 Å². The van der Waals surface area contributed by atoms with Gasteiger partial charge in [-0.05, 0) is 23.8 Å². The van der Waals surface area contributed by atoms with E-state index in [9.17, 15) is 0 Å². The Morgan fingerprint density at radius 1 is 1.29 bits per heavy atom. The molecule has 14 heavy (non-hydrogen) atoms. The number of fused-ring (bicyclic) bond motifs is 1. The van der Waals surface area contributed by atoms with E-state index in [0.717, 1.165) is 17.4 Å². The Bertz CT molecular complexity index is 415. The first-order valence-electron chi connectivity index (χ1n) is 4.79. The van der Waals surface area contributed by atoms with Crippen molar-refractivity contribution in [2.24, 2.45) is 0 Å². The predicted molar refractivity (Wildman–Crippen MR) is 55.5 cm³/mol. The summed E-state index contributed by atoms with van der Waals surface area (Å²) in [5.41, 5.74) is 2.25. The number of para-hydroxylation sites is 1. The third kappa shape index (κ3) is 1.23. The average molecular weight is 187 g/mol. The van der Waals surface area contributed by atoms with E-state index in [4.69, 9.17) is 9.69 Å². The smallest absolute Gasteiger partial charge is 0.363 e. The van der Waals surface area contributed by atoms with Gasteiger partial charge in [-0.2, -0.15) is 0 Å². The van der Waals surface area contributed by atoms with Crippen molar-refractivity contribution in [1.82, 2.24) is 4.98 Å². The molecule has 2 aromatic rings. The first-order chi connectivity index (χ1) is 6.93. The molecule has 1 fully saturated rings. The summed E-state index contributed by atoms with van der Waals surface area (Å²) in [7, 11) is 0. The molecule has 3 nitrogen and oxygen atoms in total. The topological polar surface area (TPSA) is 34.2 Å². The van der Waals surface area contributed by atoms with Crippen LogP contribution < -0.4 is 5.59 Å². The second kappa shape index (κ2) is 3.15. The zero-order valence-electron chi connectivity index (χ0n) is 7.69. The Hall–Kier alpha value is -1.26. The number of H-pyrrole nitrogens is 1. The van der Waals surface area contributed by atoms with Crippen molar-refractivity contribution >= 4 is 23.4 Å². The fourth-order valence-electron chi connectivity index (χ4n) is 1.81. The largest absolute Gasteiger partial charge is 0.391 e. The maximum Gasteiger partial charge on any atom is 0.391 e. The first-order valence-corrected chi connectivity index (χ1v) is 4.79. The monoisotopic (exact) mass is 187 g/mol. The normalized spacial score (nSPS) is 16.7. The van der Waals surface area contributed by atoms with Gasteiger partial charge in [-0.1, -0.05) is 18.2 Å². The summed E-state index contributed by atoms with van der Waals surface area (Å²) in [5, 5.41) is 1.22. The second-order valence-electron chi connectivity index (χ2n) is 3.51. The summed E-state index contributed by atoms with van der Waals surface area (Å²) < 4.78 is 0. The highest BCUT2D eigenvalue weighted by atomic mass is 17.2. The minimum absolute atomic E-state index is 0.0717. The lowest BCUT2D eigenvalue weighted by atomic mass is 9.62. The van der Waals surface area contributed by atoms with Crippen LogP contribution in [0.25, 0.3) is 10.9 Å². The van der Waals surface area contributed by atoms with Crippen molar-refractivity contribution in [3.63, 3.8) is 0 Å². The number of aromatic amines is 1. The van der Waals surface area contributed by atoms with Gasteiger partial charge in [-0.3, -0.25) is 9.69 Å². The highest BCUT2D eigenvalue weighted by molar-refractivity contribution is 6.67. The third-order valence-corrected chi connectivity index (χ3v) is 2.55. The molecule has 0 radical (unpaired) electrons. The fourth-order valence-corrected chi connectivity index (χ4v) is 1.81. The molecule has 1 N–H and O–H groups in total. The van der Waals surface area contributed by atoms with Gasteiger partial charge in [-0.15, -0.1) is 0 Å². The summed E-state index contributed by atoms with van der Waals surface area (Å²) >= 11 is 0. The van der Waals surface area contributed by atoms with Crippen LogP contribution in [0.1, 0.15) is 0 Å². The molecule has 3 rings (SSSR count). The third-order valence-electron chi connectivity index (χ3n) is 2.55. The van der Waals surface area contributed by atoms with Gasteiger partial charge < -0.3 is 4.98 Å². The molecule has 0 spiro atoms. The van der Waals surface area contributed by atoms with E-state index in [2.05, 4.69) is 23.2 Å². The van der Waals surface area contributed by atoms with E-state index in [1.54, 1.807) is 0 Å². The molecule has 1 aliphatic rings. The van der Waals surface area contributed by atoms with Gasteiger partial charge in [0.25, 0.3) is 0 Å². The zero-order valence-corrected chi connectivity index (χ0v) is 7.69. The quantitative estimate of drug-likeness (QED) is 0.539. The Balaban J connectivity index is 2.05. The molecular formula is C10H10BNO2. The van der Waals surface area contributed by atoms with Gasteiger partial charge >= 0.3 is 6.92 Å². The molecule has 0 amide bonds. The van der Waals surface area contributed by atoms with Crippen molar-refractivity contribution in [2.75, 3.05) is 6.61 Å². The highest BCUT2D eigenvalue weighted by Gasteiger charge is 2.27.